The van der Waals surface area contributed by atoms with Crippen LogP contribution >= 0.6 is 0 Å². The number of methoxy groups -OCH3 is 2. The van der Waals surface area contributed by atoms with E-state index < -0.39 is 12.1 Å². The van der Waals surface area contributed by atoms with Crippen LogP contribution < -0.4 is 20.5 Å². The van der Waals surface area contributed by atoms with E-state index in [0.29, 0.717) is 37.7 Å². The quantitative estimate of drug-likeness (QED) is 0.189. The number of aliphatic hydroxyl groups excluding tert-OH is 1. The van der Waals surface area contributed by atoms with E-state index in [4.69, 9.17) is 24.7 Å². The maximum atomic E-state index is 13.2. The molecule has 4 N–H and O–H groups in total. The summed E-state index contributed by atoms with van der Waals surface area (Å²) in [5.74, 6) is 1.96. The molecule has 8 nitrogen and oxygen atoms in total. The van der Waals surface area contributed by atoms with Crippen molar-refractivity contribution < 1.29 is 28.8 Å². The highest BCUT2D eigenvalue weighted by atomic mass is 16.6. The normalized spacial score (nSPS) is 23.6. The molecule has 4 unspecified atom stereocenters. The first kappa shape index (κ1) is 32.6. The molecule has 1 aliphatic heterocycles. The largest absolute Gasteiger partial charge is 0.493 e. The summed E-state index contributed by atoms with van der Waals surface area (Å²) in [5.41, 5.74) is 7.85. The van der Waals surface area contributed by atoms with E-state index in [0.717, 1.165) is 56.4 Å². The predicted octanol–water partition coefficient (Wildman–Crippen LogP) is 4.49. The smallest absolute Gasteiger partial charge is 0.223 e. The molecule has 0 radical (unpaired) electrons. The number of hydrogen-bond donors (Lipinski definition) is 3. The number of hydrogen-bond acceptors (Lipinski definition) is 7. The van der Waals surface area contributed by atoms with Gasteiger partial charge in [0.1, 0.15) is 0 Å². The summed E-state index contributed by atoms with van der Waals surface area (Å²) in [7, 11) is 3.33. The van der Waals surface area contributed by atoms with Crippen LogP contribution in [0.4, 0.5) is 0 Å². The predicted molar refractivity (Wildman–Crippen MR) is 158 cm³/mol. The summed E-state index contributed by atoms with van der Waals surface area (Å²) in [5, 5.41) is 14.4. The minimum absolute atomic E-state index is 0.0376. The molecule has 8 heteroatoms. The first-order valence-corrected chi connectivity index (χ1v) is 15.2. The minimum atomic E-state index is -0.746. The average Bonchev–Trinajstić information content (AvgIpc) is 3.69. The van der Waals surface area contributed by atoms with Crippen LogP contribution in [0.1, 0.15) is 78.2 Å². The van der Waals surface area contributed by atoms with Crippen LogP contribution in [0.15, 0.2) is 18.2 Å². The topological polar surface area (TPSA) is 116 Å². The van der Waals surface area contributed by atoms with Gasteiger partial charge in [0, 0.05) is 38.1 Å². The van der Waals surface area contributed by atoms with Crippen LogP contribution in [-0.2, 0) is 20.7 Å². The van der Waals surface area contributed by atoms with Crippen LogP contribution in [0.3, 0.4) is 0 Å². The van der Waals surface area contributed by atoms with Crippen LogP contribution in [0.5, 0.6) is 11.5 Å². The van der Waals surface area contributed by atoms with Gasteiger partial charge >= 0.3 is 0 Å². The second kappa shape index (κ2) is 15.4. The van der Waals surface area contributed by atoms with Crippen LogP contribution in [0.25, 0.3) is 0 Å². The fourth-order valence-corrected chi connectivity index (χ4v) is 5.85. The van der Waals surface area contributed by atoms with Gasteiger partial charge in [0.2, 0.25) is 5.91 Å². The van der Waals surface area contributed by atoms with Gasteiger partial charge in [0.05, 0.1) is 32.0 Å². The molecule has 4 atom stereocenters. The molecule has 1 saturated carbocycles. The molecular formula is C32H54N2O6. The second-order valence-electron chi connectivity index (χ2n) is 12.7. The van der Waals surface area contributed by atoms with E-state index in [1.54, 1.807) is 14.2 Å². The highest BCUT2D eigenvalue weighted by Gasteiger charge is 2.47. The van der Waals surface area contributed by atoms with Crippen molar-refractivity contribution in [3.05, 3.63) is 23.8 Å². The zero-order chi connectivity index (χ0) is 29.3. The second-order valence-corrected chi connectivity index (χ2v) is 12.7. The van der Waals surface area contributed by atoms with Crippen molar-refractivity contribution >= 4 is 5.91 Å². The lowest BCUT2D eigenvalue weighted by molar-refractivity contribution is -0.128. The molecule has 1 heterocycles. The number of carbonyl (C=O) groups excluding carboxylic acids is 1. The number of epoxide rings is 1. The van der Waals surface area contributed by atoms with Gasteiger partial charge in [-0.3, -0.25) is 4.79 Å². The van der Waals surface area contributed by atoms with Gasteiger partial charge in [-0.1, -0.05) is 33.8 Å². The number of nitrogens with two attached hydrogens (primary N) is 1. The molecule has 2 fully saturated rings. The van der Waals surface area contributed by atoms with Crippen molar-refractivity contribution in [2.45, 2.75) is 103 Å². The Hall–Kier alpha value is -1.87. The molecule has 0 aromatic heterocycles. The molecular weight excluding hydrogens is 508 g/mol. The molecule has 1 amide bonds. The monoisotopic (exact) mass is 562 g/mol. The van der Waals surface area contributed by atoms with Gasteiger partial charge in [0.25, 0.3) is 0 Å². The molecule has 3 rings (SSSR count). The summed E-state index contributed by atoms with van der Waals surface area (Å²) < 4.78 is 22.2. The summed E-state index contributed by atoms with van der Waals surface area (Å²) >= 11 is 0. The van der Waals surface area contributed by atoms with E-state index in [1.807, 2.05) is 26.0 Å². The number of nitrogens with one attached hydrogen (secondary N) is 1. The fourth-order valence-electron chi connectivity index (χ4n) is 5.85. The lowest BCUT2D eigenvalue weighted by atomic mass is 9.80. The van der Waals surface area contributed by atoms with Crippen molar-refractivity contribution in [1.29, 1.82) is 0 Å². The first-order chi connectivity index (χ1) is 19.1. The maximum Gasteiger partial charge on any atom is 0.223 e. The zero-order valence-electron chi connectivity index (χ0n) is 25.6. The number of benzene rings is 1. The highest BCUT2D eigenvalue weighted by Crippen LogP contribution is 2.41. The van der Waals surface area contributed by atoms with Gasteiger partial charge in [-0.2, -0.15) is 0 Å². The molecule has 2 aliphatic rings. The van der Waals surface area contributed by atoms with Crippen molar-refractivity contribution in [3.63, 3.8) is 0 Å². The van der Waals surface area contributed by atoms with Crippen LogP contribution in [0.2, 0.25) is 0 Å². The summed E-state index contributed by atoms with van der Waals surface area (Å²) in [6, 6.07) is 5.84. The van der Waals surface area contributed by atoms with E-state index in [1.165, 1.54) is 0 Å². The van der Waals surface area contributed by atoms with Gasteiger partial charge in [-0.05, 0) is 80.4 Å². The Morgan fingerprint density at radius 1 is 1.10 bits per heavy atom. The zero-order valence-corrected chi connectivity index (χ0v) is 25.6. The van der Waals surface area contributed by atoms with E-state index >= 15 is 0 Å². The summed E-state index contributed by atoms with van der Waals surface area (Å²) in [6.45, 7) is 10.6. The molecule has 228 valence electrons. The average molecular weight is 563 g/mol. The fraction of sp³-hybridized carbons (Fsp3) is 0.781. The molecule has 1 aromatic rings. The van der Waals surface area contributed by atoms with Crippen molar-refractivity contribution in [1.82, 2.24) is 5.32 Å². The lowest BCUT2D eigenvalue weighted by Crippen LogP contribution is -2.46. The Balaban J connectivity index is 1.56. The van der Waals surface area contributed by atoms with Gasteiger partial charge < -0.3 is 35.1 Å². The Labute approximate surface area is 241 Å². The number of rotatable bonds is 17. The summed E-state index contributed by atoms with van der Waals surface area (Å²) in [4.78, 5) is 13.2. The summed E-state index contributed by atoms with van der Waals surface area (Å²) in [6.07, 6.45) is 5.87. The Kier molecular flexibility index (Phi) is 12.6. The van der Waals surface area contributed by atoms with Gasteiger partial charge in [-0.15, -0.1) is 0 Å². The SMILES string of the molecule is COCCCOc1cc(CC(CC(N)C(O)CC(C(=O)NC2CCC3(CC2)CO3)C(C)C)C(C)C)ccc1OC. The molecule has 1 aromatic carbocycles. The van der Waals surface area contributed by atoms with Gasteiger partial charge in [0.15, 0.2) is 11.5 Å². The Bertz CT molecular complexity index is 909. The van der Waals surface area contributed by atoms with Crippen molar-refractivity contribution in [2.24, 2.45) is 29.4 Å². The molecule has 0 bridgehead atoms. The Morgan fingerprint density at radius 3 is 2.38 bits per heavy atom. The van der Waals surface area contributed by atoms with E-state index in [2.05, 4.69) is 25.2 Å². The third kappa shape index (κ3) is 9.61. The van der Waals surface area contributed by atoms with Crippen molar-refractivity contribution in [3.8, 4) is 11.5 Å². The maximum absolute atomic E-state index is 13.2. The van der Waals surface area contributed by atoms with Crippen LogP contribution in [0, 0.1) is 23.7 Å². The highest BCUT2D eigenvalue weighted by molar-refractivity contribution is 5.79. The molecule has 1 saturated heterocycles. The van der Waals surface area contributed by atoms with E-state index in [9.17, 15) is 9.90 Å². The molecule has 1 aliphatic carbocycles. The first-order valence-electron chi connectivity index (χ1n) is 15.2. The molecule has 40 heavy (non-hydrogen) atoms. The number of carbonyl (C=O) groups is 1. The minimum Gasteiger partial charge on any atom is -0.493 e. The van der Waals surface area contributed by atoms with Gasteiger partial charge in [-0.25, -0.2) is 0 Å². The number of aliphatic hydroxyl groups is 1. The Morgan fingerprint density at radius 2 is 1.80 bits per heavy atom. The lowest BCUT2D eigenvalue weighted by Gasteiger charge is -2.32. The van der Waals surface area contributed by atoms with Crippen molar-refractivity contribution in [2.75, 3.05) is 34.0 Å². The van der Waals surface area contributed by atoms with Crippen LogP contribution in [-0.4, -0.2) is 68.8 Å². The third-order valence-electron chi connectivity index (χ3n) is 8.92. The third-order valence-corrected chi connectivity index (χ3v) is 8.92. The number of amides is 1. The molecule has 1 spiro atoms. The van der Waals surface area contributed by atoms with E-state index in [-0.39, 0.29) is 35.3 Å². The standard InChI is InChI=1S/C32H54N2O6/c1-21(2)24(16-23-8-9-29(38-6)30(17-23)39-15-7-14-37-5)18-27(33)28(35)19-26(22(3)4)31(36)34-25-10-12-32(13-11-25)20-40-32/h8-9,17,21-22,24-28,35H,7,10-16,18-20,33H2,1-6H3,(H,34,36). The number of ether oxygens (including phenoxy) is 4.